The second-order valence-electron chi connectivity index (χ2n) is 5.37. The van der Waals surface area contributed by atoms with Gasteiger partial charge in [-0.1, -0.05) is 0 Å². The molecule has 0 aliphatic carbocycles. The molecule has 0 saturated carbocycles. The van der Waals surface area contributed by atoms with Crippen LogP contribution in [0.1, 0.15) is 12.5 Å². The van der Waals surface area contributed by atoms with E-state index < -0.39 is 4.92 Å². The zero-order valence-electron chi connectivity index (χ0n) is 14.3. The minimum absolute atomic E-state index is 0.0391. The van der Waals surface area contributed by atoms with Crippen LogP contribution in [0.5, 0.6) is 11.5 Å². The lowest BCUT2D eigenvalue weighted by molar-refractivity contribution is -0.384. The number of phenolic OH excluding ortho intramolecular Hbond substituents is 1. The molecule has 0 fully saturated rings. The molecule has 0 unspecified atom stereocenters. The van der Waals surface area contributed by atoms with Crippen LogP contribution in [0.4, 0.5) is 10.8 Å². The van der Waals surface area contributed by atoms with Crippen LogP contribution in [0.3, 0.4) is 0 Å². The zero-order chi connectivity index (χ0) is 19.2. The number of nitro groups is 1. The maximum absolute atomic E-state index is 10.7. The molecular formula is C18H16N4O4S. The normalized spacial score (nSPS) is 10.9. The number of ether oxygens (including phenoxy) is 1. The summed E-state index contributed by atoms with van der Waals surface area (Å²) in [6.45, 7) is 2.30. The Labute approximate surface area is 158 Å². The van der Waals surface area contributed by atoms with Crippen LogP contribution in [-0.4, -0.2) is 27.8 Å². The largest absolute Gasteiger partial charge is 0.504 e. The molecule has 8 nitrogen and oxygen atoms in total. The van der Waals surface area contributed by atoms with Crippen molar-refractivity contribution < 1.29 is 14.8 Å². The molecule has 2 aromatic carbocycles. The van der Waals surface area contributed by atoms with Gasteiger partial charge in [0.05, 0.1) is 23.4 Å². The van der Waals surface area contributed by atoms with Gasteiger partial charge in [0.25, 0.3) is 5.69 Å². The SMILES string of the molecule is CCOc1cc(/C=N/Nc2nc(-c3ccc([N+](=O)[O-])cc3)cs2)ccc1O. The van der Waals surface area contributed by atoms with Gasteiger partial charge < -0.3 is 9.84 Å². The lowest BCUT2D eigenvalue weighted by Crippen LogP contribution is -1.94. The van der Waals surface area contributed by atoms with Crippen LogP contribution in [0.15, 0.2) is 52.9 Å². The fraction of sp³-hybridized carbons (Fsp3) is 0.111. The first kappa shape index (κ1) is 18.3. The topological polar surface area (TPSA) is 110 Å². The summed E-state index contributed by atoms with van der Waals surface area (Å²) in [6, 6.07) is 11.2. The lowest BCUT2D eigenvalue weighted by Gasteiger charge is -2.05. The number of aromatic nitrogens is 1. The van der Waals surface area contributed by atoms with E-state index in [1.807, 2.05) is 12.3 Å². The summed E-state index contributed by atoms with van der Waals surface area (Å²) in [6.07, 6.45) is 1.59. The summed E-state index contributed by atoms with van der Waals surface area (Å²) in [5.41, 5.74) is 5.13. The molecule has 9 heteroatoms. The van der Waals surface area contributed by atoms with Crippen LogP contribution in [0.2, 0.25) is 0 Å². The van der Waals surface area contributed by atoms with Crippen molar-refractivity contribution in [3.63, 3.8) is 0 Å². The van der Waals surface area contributed by atoms with Gasteiger partial charge in [-0.25, -0.2) is 4.98 Å². The molecule has 0 spiro atoms. The van der Waals surface area contributed by atoms with E-state index in [2.05, 4.69) is 15.5 Å². The third kappa shape index (κ3) is 4.59. The highest BCUT2D eigenvalue weighted by molar-refractivity contribution is 7.14. The Morgan fingerprint density at radius 2 is 2.11 bits per heavy atom. The summed E-state index contributed by atoms with van der Waals surface area (Å²) in [4.78, 5) is 14.7. The quantitative estimate of drug-likeness (QED) is 0.358. The number of nitro benzene ring substituents is 1. The first-order chi connectivity index (χ1) is 13.1. The van der Waals surface area contributed by atoms with Gasteiger partial charge in [0, 0.05) is 23.1 Å². The van der Waals surface area contributed by atoms with Crippen molar-refractivity contribution in [1.29, 1.82) is 0 Å². The molecule has 0 amide bonds. The van der Waals surface area contributed by atoms with Crippen molar-refractivity contribution >= 4 is 28.4 Å². The Kier molecular flexibility index (Phi) is 5.62. The number of hydrazone groups is 1. The first-order valence-corrected chi connectivity index (χ1v) is 8.90. The number of anilines is 1. The van der Waals surface area contributed by atoms with E-state index in [4.69, 9.17) is 4.74 Å². The van der Waals surface area contributed by atoms with E-state index in [0.29, 0.717) is 23.2 Å². The molecule has 0 aliphatic heterocycles. The standard InChI is InChI=1S/C18H16N4O4S/c1-2-26-17-9-12(3-8-16(17)23)10-19-21-18-20-15(11-27-18)13-4-6-14(7-5-13)22(24)25/h3-11,23H,2H2,1H3,(H,20,21)/b19-10+. The van der Waals surface area contributed by atoms with Crippen molar-refractivity contribution in [1.82, 2.24) is 4.98 Å². The van der Waals surface area contributed by atoms with Crippen molar-refractivity contribution in [2.45, 2.75) is 6.92 Å². The number of rotatable bonds is 7. The highest BCUT2D eigenvalue weighted by Crippen LogP contribution is 2.27. The van der Waals surface area contributed by atoms with Gasteiger partial charge in [0.2, 0.25) is 5.13 Å². The van der Waals surface area contributed by atoms with Gasteiger partial charge in [0.1, 0.15) is 0 Å². The second-order valence-corrected chi connectivity index (χ2v) is 6.23. The highest BCUT2D eigenvalue weighted by Gasteiger charge is 2.08. The first-order valence-electron chi connectivity index (χ1n) is 8.02. The predicted octanol–water partition coefficient (Wildman–Crippen LogP) is 4.27. The van der Waals surface area contributed by atoms with Crippen molar-refractivity contribution in [3.8, 4) is 22.8 Å². The van der Waals surface area contributed by atoms with Crippen LogP contribution < -0.4 is 10.2 Å². The number of nitrogens with one attached hydrogen (secondary N) is 1. The average molecular weight is 384 g/mol. The van der Waals surface area contributed by atoms with Crippen molar-refractivity contribution in [3.05, 3.63) is 63.5 Å². The summed E-state index contributed by atoms with van der Waals surface area (Å²) in [7, 11) is 0. The van der Waals surface area contributed by atoms with Crippen LogP contribution in [0, 0.1) is 10.1 Å². The molecule has 1 heterocycles. The molecule has 3 aromatic rings. The fourth-order valence-corrected chi connectivity index (χ4v) is 2.92. The molecule has 0 bridgehead atoms. The van der Waals surface area contributed by atoms with Crippen molar-refractivity contribution in [2.75, 3.05) is 12.0 Å². The number of benzene rings is 2. The highest BCUT2D eigenvalue weighted by atomic mass is 32.1. The lowest BCUT2D eigenvalue weighted by atomic mass is 10.1. The smallest absolute Gasteiger partial charge is 0.269 e. The maximum Gasteiger partial charge on any atom is 0.269 e. The minimum atomic E-state index is -0.438. The van der Waals surface area contributed by atoms with Gasteiger partial charge in [-0.3, -0.25) is 15.5 Å². The number of aromatic hydroxyl groups is 1. The molecule has 1 aromatic heterocycles. The van der Waals surface area contributed by atoms with Gasteiger partial charge in [0.15, 0.2) is 11.5 Å². The molecule has 0 radical (unpaired) electrons. The number of thiazole rings is 1. The van der Waals surface area contributed by atoms with Crippen LogP contribution >= 0.6 is 11.3 Å². The molecule has 27 heavy (non-hydrogen) atoms. The number of phenols is 1. The van der Waals surface area contributed by atoms with Gasteiger partial charge in [-0.05, 0) is 42.8 Å². The molecule has 0 aliphatic rings. The van der Waals surface area contributed by atoms with E-state index in [9.17, 15) is 15.2 Å². The van der Waals surface area contributed by atoms with Gasteiger partial charge in [-0.2, -0.15) is 5.10 Å². The fourth-order valence-electron chi connectivity index (χ4n) is 2.26. The summed E-state index contributed by atoms with van der Waals surface area (Å²) in [5, 5.41) is 27.0. The Morgan fingerprint density at radius 1 is 1.33 bits per heavy atom. The Hall–Kier alpha value is -3.46. The summed E-state index contributed by atoms with van der Waals surface area (Å²) >= 11 is 1.37. The molecule has 2 N–H and O–H groups in total. The van der Waals surface area contributed by atoms with E-state index in [0.717, 1.165) is 11.1 Å². The minimum Gasteiger partial charge on any atom is -0.504 e. The average Bonchev–Trinajstić information content (AvgIpc) is 3.13. The number of nitrogens with zero attached hydrogens (tertiary/aromatic N) is 3. The van der Waals surface area contributed by atoms with E-state index in [-0.39, 0.29) is 11.4 Å². The van der Waals surface area contributed by atoms with Crippen LogP contribution in [0.25, 0.3) is 11.3 Å². The Bertz CT molecular complexity index is 970. The molecule has 138 valence electrons. The van der Waals surface area contributed by atoms with Crippen molar-refractivity contribution in [2.24, 2.45) is 5.10 Å². The molecule has 0 saturated heterocycles. The second kappa shape index (κ2) is 8.28. The molecule has 0 atom stereocenters. The van der Waals surface area contributed by atoms with Crippen LogP contribution in [-0.2, 0) is 0 Å². The molecular weight excluding hydrogens is 368 g/mol. The third-order valence-electron chi connectivity index (χ3n) is 3.54. The third-order valence-corrected chi connectivity index (χ3v) is 4.28. The maximum atomic E-state index is 10.7. The van der Waals surface area contributed by atoms with E-state index in [1.54, 1.807) is 36.5 Å². The van der Waals surface area contributed by atoms with Gasteiger partial charge in [-0.15, -0.1) is 11.3 Å². The zero-order valence-corrected chi connectivity index (χ0v) is 15.1. The number of non-ortho nitro benzene ring substituents is 1. The summed E-state index contributed by atoms with van der Waals surface area (Å²) < 4.78 is 5.33. The summed E-state index contributed by atoms with van der Waals surface area (Å²) in [5.74, 6) is 0.478. The Balaban J connectivity index is 1.66. The van der Waals surface area contributed by atoms with E-state index >= 15 is 0 Å². The van der Waals surface area contributed by atoms with Gasteiger partial charge >= 0.3 is 0 Å². The number of hydrogen-bond acceptors (Lipinski definition) is 8. The predicted molar refractivity (Wildman–Crippen MR) is 105 cm³/mol. The number of hydrogen-bond donors (Lipinski definition) is 2. The molecule has 3 rings (SSSR count). The van der Waals surface area contributed by atoms with E-state index in [1.165, 1.54) is 23.5 Å². The Morgan fingerprint density at radius 3 is 2.81 bits per heavy atom. The monoisotopic (exact) mass is 384 g/mol.